The molecule has 1 aliphatic carbocycles. The molecular weight excluding hydrogens is 296 g/mol. The van der Waals surface area contributed by atoms with Gasteiger partial charge in [0.15, 0.2) is 0 Å². The van der Waals surface area contributed by atoms with Crippen molar-refractivity contribution in [2.75, 3.05) is 0 Å². The van der Waals surface area contributed by atoms with Gasteiger partial charge < -0.3 is 5.32 Å². The maximum absolute atomic E-state index is 12.3. The van der Waals surface area contributed by atoms with Crippen LogP contribution in [-0.4, -0.2) is 10.9 Å². The number of carbonyl (C=O) groups is 1. The lowest BCUT2D eigenvalue weighted by atomic mass is 10.0. The SMILES string of the molecule is O=C(N[C@H](Cc1ccc2ccccc2n1)c1ccccc1)C1CC1. The van der Waals surface area contributed by atoms with Gasteiger partial charge in [-0.15, -0.1) is 0 Å². The Labute approximate surface area is 141 Å². The topological polar surface area (TPSA) is 42.0 Å². The highest BCUT2D eigenvalue weighted by Crippen LogP contribution is 2.30. The maximum atomic E-state index is 12.3. The molecule has 1 heterocycles. The fraction of sp³-hybridized carbons (Fsp3) is 0.238. The van der Waals surface area contributed by atoms with Gasteiger partial charge in [-0.3, -0.25) is 9.78 Å². The van der Waals surface area contributed by atoms with Crippen molar-refractivity contribution in [3.63, 3.8) is 0 Å². The standard InChI is InChI=1S/C21H20N2O/c24-21(17-10-11-17)23-20(15-6-2-1-3-7-15)14-18-13-12-16-8-4-5-9-19(16)22-18/h1-9,12-13,17,20H,10-11,14H2,(H,23,24)/t20-/m1/s1. The van der Waals surface area contributed by atoms with E-state index in [1.54, 1.807) is 0 Å². The van der Waals surface area contributed by atoms with Crippen LogP contribution in [0.2, 0.25) is 0 Å². The molecule has 0 aliphatic heterocycles. The Kier molecular flexibility index (Phi) is 3.99. The van der Waals surface area contributed by atoms with Gasteiger partial charge in [0.25, 0.3) is 0 Å². The number of carbonyl (C=O) groups excluding carboxylic acids is 1. The van der Waals surface area contributed by atoms with Crippen molar-refractivity contribution in [3.05, 3.63) is 78.0 Å². The molecule has 2 aromatic carbocycles. The Hall–Kier alpha value is -2.68. The molecule has 0 spiro atoms. The molecule has 0 saturated heterocycles. The number of nitrogens with one attached hydrogen (secondary N) is 1. The summed E-state index contributed by atoms with van der Waals surface area (Å²) in [5.74, 6) is 0.380. The lowest BCUT2D eigenvalue weighted by molar-refractivity contribution is -0.123. The lowest BCUT2D eigenvalue weighted by Gasteiger charge is -2.19. The summed E-state index contributed by atoms with van der Waals surface area (Å²) in [5, 5.41) is 4.35. The number of nitrogens with zero attached hydrogens (tertiary/aromatic N) is 1. The molecule has 1 atom stereocenters. The summed E-state index contributed by atoms with van der Waals surface area (Å²) >= 11 is 0. The molecule has 1 aliphatic rings. The largest absolute Gasteiger partial charge is 0.349 e. The number of amides is 1. The number of hydrogen-bond donors (Lipinski definition) is 1. The Morgan fingerprint density at radius 1 is 1.00 bits per heavy atom. The van der Waals surface area contributed by atoms with Crippen molar-refractivity contribution in [2.45, 2.75) is 25.3 Å². The summed E-state index contributed by atoms with van der Waals surface area (Å²) in [7, 11) is 0. The molecule has 0 unspecified atom stereocenters. The molecule has 3 aromatic rings. The second-order valence-electron chi connectivity index (χ2n) is 6.45. The third-order valence-corrected chi connectivity index (χ3v) is 4.54. The fourth-order valence-electron chi connectivity index (χ4n) is 3.00. The highest BCUT2D eigenvalue weighted by Gasteiger charge is 2.31. The molecule has 3 heteroatoms. The van der Waals surface area contributed by atoms with Crippen molar-refractivity contribution >= 4 is 16.8 Å². The van der Waals surface area contributed by atoms with Crippen LogP contribution in [0.3, 0.4) is 0 Å². The van der Waals surface area contributed by atoms with Crippen LogP contribution >= 0.6 is 0 Å². The Morgan fingerprint density at radius 2 is 1.75 bits per heavy atom. The molecule has 0 radical (unpaired) electrons. The van der Waals surface area contributed by atoms with E-state index < -0.39 is 0 Å². The fourth-order valence-corrected chi connectivity index (χ4v) is 3.00. The molecule has 0 bridgehead atoms. The first-order valence-electron chi connectivity index (χ1n) is 8.49. The van der Waals surface area contributed by atoms with Crippen LogP contribution in [0.25, 0.3) is 10.9 Å². The predicted molar refractivity (Wildman–Crippen MR) is 95.5 cm³/mol. The van der Waals surface area contributed by atoms with Crippen molar-refractivity contribution in [1.29, 1.82) is 0 Å². The minimum atomic E-state index is -0.0343. The molecular formula is C21H20N2O. The number of benzene rings is 2. The summed E-state index contributed by atoms with van der Waals surface area (Å²) in [5.41, 5.74) is 3.12. The second kappa shape index (κ2) is 6.44. The molecule has 1 fully saturated rings. The third kappa shape index (κ3) is 3.30. The predicted octanol–water partition coefficient (Wildman–Crippen LogP) is 4.04. The van der Waals surface area contributed by atoms with Crippen molar-refractivity contribution in [2.24, 2.45) is 5.92 Å². The molecule has 4 rings (SSSR count). The van der Waals surface area contributed by atoms with Gasteiger partial charge in [-0.25, -0.2) is 0 Å². The van der Waals surface area contributed by atoms with Crippen LogP contribution < -0.4 is 5.32 Å². The Balaban J connectivity index is 1.60. The smallest absolute Gasteiger partial charge is 0.223 e. The van der Waals surface area contributed by atoms with Crippen LogP contribution in [-0.2, 0) is 11.2 Å². The number of aromatic nitrogens is 1. The van der Waals surface area contributed by atoms with Crippen LogP contribution in [0.4, 0.5) is 0 Å². The maximum Gasteiger partial charge on any atom is 0.223 e. The number of fused-ring (bicyclic) bond motifs is 1. The van der Waals surface area contributed by atoms with E-state index in [0.29, 0.717) is 6.42 Å². The van der Waals surface area contributed by atoms with E-state index in [1.165, 1.54) is 0 Å². The average molecular weight is 316 g/mol. The quantitative estimate of drug-likeness (QED) is 0.772. The number of hydrogen-bond acceptors (Lipinski definition) is 2. The van der Waals surface area contributed by atoms with E-state index >= 15 is 0 Å². The average Bonchev–Trinajstić information content (AvgIpc) is 3.47. The molecule has 1 saturated carbocycles. The van der Waals surface area contributed by atoms with Crippen LogP contribution in [0.5, 0.6) is 0 Å². The first-order chi connectivity index (χ1) is 11.8. The van der Waals surface area contributed by atoms with Gasteiger partial charge in [0.1, 0.15) is 0 Å². The zero-order valence-corrected chi connectivity index (χ0v) is 13.5. The minimum Gasteiger partial charge on any atom is -0.349 e. The van der Waals surface area contributed by atoms with Gasteiger partial charge in [-0.1, -0.05) is 54.6 Å². The van der Waals surface area contributed by atoms with Crippen molar-refractivity contribution in [1.82, 2.24) is 10.3 Å². The minimum absolute atomic E-state index is 0.0343. The highest BCUT2D eigenvalue weighted by atomic mass is 16.2. The van der Waals surface area contributed by atoms with E-state index in [4.69, 9.17) is 4.98 Å². The van der Waals surface area contributed by atoms with Gasteiger partial charge in [0.05, 0.1) is 11.6 Å². The summed E-state index contributed by atoms with van der Waals surface area (Å²) in [6.07, 6.45) is 2.73. The zero-order chi connectivity index (χ0) is 16.4. The van der Waals surface area contributed by atoms with Crippen molar-refractivity contribution in [3.8, 4) is 0 Å². The van der Waals surface area contributed by atoms with E-state index in [1.807, 2.05) is 36.4 Å². The summed E-state index contributed by atoms with van der Waals surface area (Å²) in [6, 6.07) is 22.4. The number of rotatable bonds is 5. The monoisotopic (exact) mass is 316 g/mol. The van der Waals surface area contributed by atoms with Gasteiger partial charge in [0, 0.05) is 23.4 Å². The normalized spacial score (nSPS) is 15.2. The third-order valence-electron chi connectivity index (χ3n) is 4.54. The summed E-state index contributed by atoms with van der Waals surface area (Å²) < 4.78 is 0. The first-order valence-corrected chi connectivity index (χ1v) is 8.49. The number of pyridine rings is 1. The summed E-state index contributed by atoms with van der Waals surface area (Å²) in [6.45, 7) is 0. The van der Waals surface area contributed by atoms with E-state index in [-0.39, 0.29) is 17.9 Å². The molecule has 3 nitrogen and oxygen atoms in total. The molecule has 1 N–H and O–H groups in total. The van der Waals surface area contributed by atoms with E-state index in [2.05, 4.69) is 35.6 Å². The van der Waals surface area contributed by atoms with Crippen LogP contribution in [0, 0.1) is 5.92 Å². The molecule has 1 aromatic heterocycles. The summed E-state index contributed by atoms with van der Waals surface area (Å²) in [4.78, 5) is 17.0. The van der Waals surface area contributed by atoms with E-state index in [9.17, 15) is 4.79 Å². The van der Waals surface area contributed by atoms with Crippen LogP contribution in [0.15, 0.2) is 66.7 Å². The lowest BCUT2D eigenvalue weighted by Crippen LogP contribution is -2.31. The van der Waals surface area contributed by atoms with Crippen molar-refractivity contribution < 1.29 is 4.79 Å². The molecule has 120 valence electrons. The zero-order valence-electron chi connectivity index (χ0n) is 13.5. The van der Waals surface area contributed by atoms with E-state index in [0.717, 1.165) is 35.0 Å². The van der Waals surface area contributed by atoms with Crippen LogP contribution in [0.1, 0.15) is 30.1 Å². The van der Waals surface area contributed by atoms with Gasteiger partial charge >= 0.3 is 0 Å². The molecule has 24 heavy (non-hydrogen) atoms. The van der Waals surface area contributed by atoms with Gasteiger partial charge in [-0.05, 0) is 30.5 Å². The second-order valence-corrected chi connectivity index (χ2v) is 6.45. The van der Waals surface area contributed by atoms with Gasteiger partial charge in [-0.2, -0.15) is 0 Å². The first kappa shape index (κ1) is 14.9. The Morgan fingerprint density at radius 3 is 2.54 bits per heavy atom. The molecule has 1 amide bonds. The number of para-hydroxylation sites is 1. The Bertz CT molecular complexity index is 856. The highest BCUT2D eigenvalue weighted by molar-refractivity contribution is 5.81. The van der Waals surface area contributed by atoms with Gasteiger partial charge in [0.2, 0.25) is 5.91 Å².